The summed E-state index contributed by atoms with van der Waals surface area (Å²) in [4.78, 5) is 21.6. The first-order valence-electron chi connectivity index (χ1n) is 11.5. The van der Waals surface area contributed by atoms with E-state index in [2.05, 4.69) is 15.0 Å². The maximum Gasteiger partial charge on any atom is 0.436 e. The second-order valence-electron chi connectivity index (χ2n) is 9.21. The lowest BCUT2D eigenvalue weighted by molar-refractivity contribution is -0.143. The number of hydrogen-bond acceptors (Lipinski definition) is 5. The molecule has 12 heteroatoms. The number of methoxy groups -OCH3 is 1. The molecule has 0 bridgehead atoms. The number of rotatable bonds is 5. The van der Waals surface area contributed by atoms with E-state index in [0.29, 0.717) is 31.1 Å². The molecule has 0 N–H and O–H groups in total. The van der Waals surface area contributed by atoms with Crippen LogP contribution in [0, 0.1) is 0 Å². The Morgan fingerprint density at radius 3 is 2.64 bits per heavy atom. The standard InChI is InChI=1S/C24H24Cl2F3N5O2/c1-36-18-12-15(5-6-16(18)25)32-10-11-33(23(14-32)7-8-23)19(35)13-34-21(17-4-2-3-9-30-17)20(26)22(31-34)24(27,28)29/h2-6,9,18H,7-8,10-14H2,1H3. The summed E-state index contributed by atoms with van der Waals surface area (Å²) in [5, 5.41) is 3.78. The first-order chi connectivity index (χ1) is 17.1. The van der Waals surface area contributed by atoms with E-state index in [-0.39, 0.29) is 35.5 Å². The maximum atomic E-state index is 13.6. The normalized spacial score (nSPS) is 21.4. The quantitative estimate of drug-likeness (QED) is 0.548. The van der Waals surface area contributed by atoms with Gasteiger partial charge in [0.25, 0.3) is 0 Å². The number of allylic oxidation sites excluding steroid dienone is 2. The number of alkyl halides is 3. The first kappa shape index (κ1) is 25.1. The van der Waals surface area contributed by atoms with Crippen LogP contribution in [0.5, 0.6) is 0 Å². The van der Waals surface area contributed by atoms with Crippen molar-refractivity contribution in [3.63, 3.8) is 0 Å². The fourth-order valence-electron chi connectivity index (χ4n) is 4.95. The van der Waals surface area contributed by atoms with E-state index in [0.717, 1.165) is 23.2 Å². The molecule has 1 saturated heterocycles. The van der Waals surface area contributed by atoms with Gasteiger partial charge in [-0.3, -0.25) is 14.5 Å². The number of halogens is 5. The third-order valence-electron chi connectivity index (χ3n) is 6.96. The first-order valence-corrected chi connectivity index (χ1v) is 12.3. The Balaban J connectivity index is 1.37. The highest BCUT2D eigenvalue weighted by Gasteiger charge is 2.53. The lowest BCUT2D eigenvalue weighted by Gasteiger charge is -2.45. The van der Waals surface area contributed by atoms with E-state index < -0.39 is 16.9 Å². The van der Waals surface area contributed by atoms with Crippen LogP contribution in [-0.2, 0) is 22.3 Å². The number of nitrogens with zero attached hydrogens (tertiary/aromatic N) is 5. The molecular formula is C24H24Cl2F3N5O2. The van der Waals surface area contributed by atoms with E-state index in [1.165, 1.54) is 12.3 Å². The second-order valence-corrected chi connectivity index (χ2v) is 10.0. The van der Waals surface area contributed by atoms with Gasteiger partial charge in [-0.15, -0.1) is 0 Å². The average molecular weight is 542 g/mol. The van der Waals surface area contributed by atoms with Crippen LogP contribution in [0.2, 0.25) is 5.02 Å². The van der Waals surface area contributed by atoms with Gasteiger partial charge < -0.3 is 14.5 Å². The highest BCUT2D eigenvalue weighted by molar-refractivity contribution is 6.33. The molecule has 1 aliphatic heterocycles. The number of ether oxygens (including phenoxy) is 1. The lowest BCUT2D eigenvalue weighted by atomic mass is 10.0. The van der Waals surface area contributed by atoms with Gasteiger partial charge in [0.15, 0.2) is 5.69 Å². The topological polar surface area (TPSA) is 63.5 Å². The minimum atomic E-state index is -4.76. The molecule has 2 fully saturated rings. The third kappa shape index (κ3) is 4.62. The summed E-state index contributed by atoms with van der Waals surface area (Å²) in [5.74, 6) is -0.299. The SMILES string of the molecule is COC1CC(N2CCN(C(=O)Cn3nc(C(F)(F)F)c(Cl)c3-c3ccccn3)C3(CC3)C2)=CC=C1Cl. The molecule has 0 radical (unpaired) electrons. The van der Waals surface area contributed by atoms with E-state index in [9.17, 15) is 18.0 Å². The molecule has 1 unspecified atom stereocenters. The highest BCUT2D eigenvalue weighted by atomic mass is 35.5. The maximum absolute atomic E-state index is 13.6. The van der Waals surface area contributed by atoms with Gasteiger partial charge in [0.2, 0.25) is 5.91 Å². The number of amides is 1. The molecule has 7 nitrogen and oxygen atoms in total. The number of carbonyl (C=O) groups excluding carboxylic acids is 1. The molecule has 1 saturated carbocycles. The zero-order valence-corrected chi connectivity index (χ0v) is 20.9. The summed E-state index contributed by atoms with van der Waals surface area (Å²) < 4.78 is 47.2. The van der Waals surface area contributed by atoms with Crippen molar-refractivity contribution < 1.29 is 22.7 Å². The predicted molar refractivity (Wildman–Crippen MR) is 128 cm³/mol. The van der Waals surface area contributed by atoms with E-state index in [1.54, 1.807) is 24.1 Å². The van der Waals surface area contributed by atoms with Crippen LogP contribution in [0.4, 0.5) is 13.2 Å². The Morgan fingerprint density at radius 2 is 2.00 bits per heavy atom. The lowest BCUT2D eigenvalue weighted by Crippen LogP contribution is -2.57. The van der Waals surface area contributed by atoms with Crippen molar-refractivity contribution in [1.29, 1.82) is 0 Å². The molecule has 2 aliphatic carbocycles. The van der Waals surface area contributed by atoms with Crippen LogP contribution >= 0.6 is 23.2 Å². The van der Waals surface area contributed by atoms with Gasteiger partial charge in [-0.25, -0.2) is 0 Å². The van der Waals surface area contributed by atoms with Crippen LogP contribution in [0.3, 0.4) is 0 Å². The minimum absolute atomic E-state index is 0.0249. The van der Waals surface area contributed by atoms with Gasteiger partial charge in [0, 0.05) is 50.1 Å². The number of carbonyl (C=O) groups is 1. The molecule has 36 heavy (non-hydrogen) atoms. The van der Waals surface area contributed by atoms with Gasteiger partial charge in [-0.2, -0.15) is 18.3 Å². The highest BCUT2D eigenvalue weighted by Crippen LogP contribution is 2.46. The van der Waals surface area contributed by atoms with Gasteiger partial charge in [0.05, 0.1) is 17.3 Å². The Labute approximate surface area is 216 Å². The number of piperazine rings is 1. The molecule has 192 valence electrons. The number of hydrogen-bond donors (Lipinski definition) is 0. The summed E-state index contributed by atoms with van der Waals surface area (Å²) in [7, 11) is 1.62. The third-order valence-corrected chi connectivity index (χ3v) is 7.69. The Kier molecular flexibility index (Phi) is 6.55. The Morgan fingerprint density at radius 1 is 1.22 bits per heavy atom. The molecule has 3 heterocycles. The summed E-state index contributed by atoms with van der Waals surface area (Å²) in [6.45, 7) is 1.33. The molecule has 1 atom stereocenters. The molecule has 0 aromatic carbocycles. The van der Waals surface area contributed by atoms with Gasteiger partial charge in [-0.05, 0) is 37.1 Å². The van der Waals surface area contributed by atoms with Crippen molar-refractivity contribution in [2.45, 2.75) is 43.6 Å². The molecule has 3 aliphatic rings. The van der Waals surface area contributed by atoms with Crippen LogP contribution in [-0.4, -0.2) is 68.9 Å². The summed E-state index contributed by atoms with van der Waals surface area (Å²) >= 11 is 12.3. The number of aromatic nitrogens is 3. The second kappa shape index (κ2) is 9.39. The van der Waals surface area contributed by atoms with E-state index in [1.807, 2.05) is 12.2 Å². The summed E-state index contributed by atoms with van der Waals surface area (Å²) in [6.07, 6.45) is 2.62. The van der Waals surface area contributed by atoms with Crippen molar-refractivity contribution in [3.05, 3.63) is 58.0 Å². The molecule has 5 rings (SSSR count). The van der Waals surface area contributed by atoms with Crippen LogP contribution in [0.1, 0.15) is 25.0 Å². The smallest absolute Gasteiger partial charge is 0.375 e. The predicted octanol–water partition coefficient (Wildman–Crippen LogP) is 4.72. The van der Waals surface area contributed by atoms with E-state index in [4.69, 9.17) is 27.9 Å². The fraction of sp³-hybridized carbons (Fsp3) is 0.458. The summed E-state index contributed by atoms with van der Waals surface area (Å²) in [5.41, 5.74) is -0.294. The van der Waals surface area contributed by atoms with Crippen molar-refractivity contribution in [3.8, 4) is 11.4 Å². The molecule has 1 spiro atoms. The van der Waals surface area contributed by atoms with Gasteiger partial charge >= 0.3 is 6.18 Å². The van der Waals surface area contributed by atoms with Crippen LogP contribution in [0.25, 0.3) is 11.4 Å². The van der Waals surface area contributed by atoms with Gasteiger partial charge in [0.1, 0.15) is 17.3 Å². The zero-order chi connectivity index (χ0) is 25.7. The minimum Gasteiger partial charge on any atom is -0.375 e. The van der Waals surface area contributed by atoms with E-state index >= 15 is 0 Å². The number of pyridine rings is 1. The van der Waals surface area contributed by atoms with Crippen LogP contribution in [0.15, 0.2) is 47.3 Å². The molecular weight excluding hydrogens is 518 g/mol. The molecule has 2 aromatic heterocycles. The molecule has 2 aromatic rings. The van der Waals surface area contributed by atoms with Crippen molar-refractivity contribution in [1.82, 2.24) is 24.6 Å². The summed E-state index contributed by atoms with van der Waals surface area (Å²) in [6, 6.07) is 4.82. The largest absolute Gasteiger partial charge is 0.436 e. The zero-order valence-electron chi connectivity index (χ0n) is 19.4. The average Bonchev–Trinajstić information content (AvgIpc) is 3.52. The van der Waals surface area contributed by atoms with Crippen molar-refractivity contribution in [2.75, 3.05) is 26.7 Å². The molecule has 1 amide bonds. The van der Waals surface area contributed by atoms with Crippen molar-refractivity contribution in [2.24, 2.45) is 0 Å². The van der Waals surface area contributed by atoms with Gasteiger partial charge in [-0.1, -0.05) is 29.3 Å². The fourth-order valence-corrected chi connectivity index (χ4v) is 5.52. The van der Waals surface area contributed by atoms with Crippen LogP contribution < -0.4 is 0 Å². The van der Waals surface area contributed by atoms with Crippen molar-refractivity contribution >= 4 is 29.1 Å². The Bertz CT molecular complexity index is 1220. The monoisotopic (exact) mass is 541 g/mol. The Hall–Kier alpha value is -2.56.